The number of hydrogen-bond donors (Lipinski definition) is 3. The van der Waals surface area contributed by atoms with Gasteiger partial charge in [-0.25, -0.2) is 9.97 Å². The molecule has 1 aliphatic rings. The fourth-order valence-electron chi connectivity index (χ4n) is 2.00. The number of nitrogens with zero attached hydrogens (tertiary/aromatic N) is 2. The van der Waals surface area contributed by atoms with E-state index in [1.54, 1.807) is 0 Å². The maximum absolute atomic E-state index is 9.93. The Balaban J connectivity index is 2.11. The third-order valence-corrected chi connectivity index (χ3v) is 3.41. The van der Waals surface area contributed by atoms with E-state index in [1.807, 2.05) is 13.0 Å². The molecule has 5 heteroatoms. The summed E-state index contributed by atoms with van der Waals surface area (Å²) in [5.74, 6) is 2.88. The molecule has 0 amide bonds. The average Bonchev–Trinajstić information content (AvgIpc) is 3.19. The molecule has 3 N–H and O–H groups in total. The SMILES string of the molecule is CCNc1cc(NCC(O)C2CC2)nc(C(C)(C)C)n1. The van der Waals surface area contributed by atoms with E-state index in [0.717, 1.165) is 36.8 Å². The van der Waals surface area contributed by atoms with Gasteiger partial charge in [0.05, 0.1) is 6.10 Å². The van der Waals surface area contributed by atoms with Crippen LogP contribution in [0.3, 0.4) is 0 Å². The minimum atomic E-state index is -0.273. The molecule has 1 saturated carbocycles. The van der Waals surface area contributed by atoms with Crippen molar-refractivity contribution in [3.8, 4) is 0 Å². The molecule has 5 nitrogen and oxygen atoms in total. The summed E-state index contributed by atoms with van der Waals surface area (Å²) in [6, 6.07) is 1.90. The van der Waals surface area contributed by atoms with E-state index in [4.69, 9.17) is 0 Å². The second-order valence-corrected chi connectivity index (χ2v) is 6.53. The van der Waals surface area contributed by atoms with Gasteiger partial charge in [-0.3, -0.25) is 0 Å². The first-order chi connectivity index (χ1) is 9.40. The van der Waals surface area contributed by atoms with E-state index < -0.39 is 0 Å². The molecule has 0 bridgehead atoms. The summed E-state index contributed by atoms with van der Waals surface area (Å²) >= 11 is 0. The van der Waals surface area contributed by atoms with Gasteiger partial charge in [0.2, 0.25) is 0 Å². The summed E-state index contributed by atoms with van der Waals surface area (Å²) in [5.41, 5.74) is -0.100. The van der Waals surface area contributed by atoms with Crippen molar-refractivity contribution in [2.24, 2.45) is 5.92 Å². The molecule has 0 aromatic carbocycles. The quantitative estimate of drug-likeness (QED) is 0.745. The van der Waals surface area contributed by atoms with Crippen LogP contribution in [-0.4, -0.2) is 34.3 Å². The Morgan fingerprint density at radius 3 is 2.35 bits per heavy atom. The van der Waals surface area contributed by atoms with E-state index in [9.17, 15) is 5.11 Å². The van der Waals surface area contributed by atoms with Gasteiger partial charge in [-0.2, -0.15) is 0 Å². The highest BCUT2D eigenvalue weighted by atomic mass is 16.3. The Morgan fingerprint density at radius 1 is 1.25 bits per heavy atom. The first-order valence-corrected chi connectivity index (χ1v) is 7.45. The lowest BCUT2D eigenvalue weighted by atomic mass is 9.96. The molecular formula is C15H26N4O. The average molecular weight is 278 g/mol. The molecule has 1 unspecified atom stereocenters. The van der Waals surface area contributed by atoms with Gasteiger partial charge in [0.1, 0.15) is 17.5 Å². The topological polar surface area (TPSA) is 70.1 Å². The zero-order chi connectivity index (χ0) is 14.8. The van der Waals surface area contributed by atoms with Crippen LogP contribution in [0.2, 0.25) is 0 Å². The van der Waals surface area contributed by atoms with Gasteiger partial charge in [-0.15, -0.1) is 0 Å². The van der Waals surface area contributed by atoms with Crippen molar-refractivity contribution in [2.75, 3.05) is 23.7 Å². The molecule has 0 spiro atoms. The van der Waals surface area contributed by atoms with Crippen molar-refractivity contribution >= 4 is 11.6 Å². The molecule has 112 valence electrons. The first kappa shape index (κ1) is 15.0. The van der Waals surface area contributed by atoms with E-state index >= 15 is 0 Å². The predicted octanol–water partition coefficient (Wildman–Crippen LogP) is 2.39. The lowest BCUT2D eigenvalue weighted by Gasteiger charge is -2.19. The van der Waals surface area contributed by atoms with Gasteiger partial charge in [0.25, 0.3) is 0 Å². The van der Waals surface area contributed by atoms with E-state index in [0.29, 0.717) is 12.5 Å². The number of anilines is 2. The van der Waals surface area contributed by atoms with Crippen LogP contribution in [0.4, 0.5) is 11.6 Å². The van der Waals surface area contributed by atoms with Crippen molar-refractivity contribution in [1.29, 1.82) is 0 Å². The summed E-state index contributed by atoms with van der Waals surface area (Å²) in [7, 11) is 0. The van der Waals surface area contributed by atoms with Gasteiger partial charge in [-0.05, 0) is 25.7 Å². The maximum atomic E-state index is 9.93. The van der Waals surface area contributed by atoms with Gasteiger partial charge in [0.15, 0.2) is 0 Å². The maximum Gasteiger partial charge on any atom is 0.138 e. The Kier molecular flexibility index (Phi) is 4.48. The lowest BCUT2D eigenvalue weighted by Crippen LogP contribution is -2.23. The number of aliphatic hydroxyl groups is 1. The molecule has 1 aromatic heterocycles. The molecule has 20 heavy (non-hydrogen) atoms. The summed E-state index contributed by atoms with van der Waals surface area (Å²) < 4.78 is 0. The lowest BCUT2D eigenvalue weighted by molar-refractivity contribution is 0.164. The smallest absolute Gasteiger partial charge is 0.138 e. The molecule has 0 aliphatic heterocycles. The summed E-state index contributed by atoms with van der Waals surface area (Å²) in [5, 5.41) is 16.4. The second-order valence-electron chi connectivity index (χ2n) is 6.53. The standard InChI is InChI=1S/C15H26N4O/c1-5-16-12-8-13(17-9-11(20)10-6-7-10)19-14(18-12)15(2,3)4/h8,10-11,20H,5-7,9H2,1-4H3,(H2,16,17,18,19). The van der Waals surface area contributed by atoms with Gasteiger partial charge >= 0.3 is 0 Å². The molecule has 0 radical (unpaired) electrons. The highest BCUT2D eigenvalue weighted by molar-refractivity contribution is 5.48. The van der Waals surface area contributed by atoms with E-state index in [1.165, 1.54) is 0 Å². The van der Waals surface area contributed by atoms with Crippen LogP contribution in [0.15, 0.2) is 6.07 Å². The Hall–Kier alpha value is -1.36. The van der Waals surface area contributed by atoms with Gasteiger partial charge in [0, 0.05) is 24.6 Å². The Morgan fingerprint density at radius 2 is 1.85 bits per heavy atom. The predicted molar refractivity (Wildman–Crippen MR) is 82.1 cm³/mol. The second kappa shape index (κ2) is 5.95. The van der Waals surface area contributed by atoms with Crippen LogP contribution >= 0.6 is 0 Å². The van der Waals surface area contributed by atoms with Crippen molar-refractivity contribution in [3.05, 3.63) is 11.9 Å². The number of aliphatic hydroxyl groups excluding tert-OH is 1. The van der Waals surface area contributed by atoms with Crippen LogP contribution in [0.1, 0.15) is 46.4 Å². The molecule has 2 rings (SSSR count). The molecular weight excluding hydrogens is 252 g/mol. The zero-order valence-corrected chi connectivity index (χ0v) is 12.9. The monoisotopic (exact) mass is 278 g/mol. The van der Waals surface area contributed by atoms with Crippen molar-refractivity contribution in [3.63, 3.8) is 0 Å². The molecule has 1 heterocycles. The van der Waals surface area contributed by atoms with Crippen LogP contribution < -0.4 is 10.6 Å². The summed E-state index contributed by atoms with van der Waals surface area (Å²) in [6.07, 6.45) is 2.01. The van der Waals surface area contributed by atoms with Crippen molar-refractivity contribution < 1.29 is 5.11 Å². The van der Waals surface area contributed by atoms with Crippen LogP contribution in [0.25, 0.3) is 0 Å². The van der Waals surface area contributed by atoms with Crippen molar-refractivity contribution in [1.82, 2.24) is 9.97 Å². The molecule has 1 atom stereocenters. The number of nitrogens with one attached hydrogen (secondary N) is 2. The number of aromatic nitrogens is 2. The highest BCUT2D eigenvalue weighted by Gasteiger charge is 2.29. The Labute approximate surface area is 121 Å². The molecule has 0 saturated heterocycles. The minimum Gasteiger partial charge on any atom is -0.391 e. The fraction of sp³-hybridized carbons (Fsp3) is 0.733. The van der Waals surface area contributed by atoms with Crippen molar-refractivity contribution in [2.45, 2.75) is 52.1 Å². The highest BCUT2D eigenvalue weighted by Crippen LogP contribution is 2.32. The van der Waals surface area contributed by atoms with Crippen LogP contribution in [-0.2, 0) is 5.41 Å². The van der Waals surface area contributed by atoms with Gasteiger partial charge in [-0.1, -0.05) is 20.8 Å². The third-order valence-electron chi connectivity index (χ3n) is 3.41. The molecule has 1 aromatic rings. The summed E-state index contributed by atoms with van der Waals surface area (Å²) in [4.78, 5) is 9.11. The number of rotatable bonds is 6. The third kappa shape index (κ3) is 4.07. The van der Waals surface area contributed by atoms with Crippen LogP contribution in [0, 0.1) is 5.92 Å². The van der Waals surface area contributed by atoms with E-state index in [2.05, 4.69) is 41.4 Å². The number of hydrogen-bond acceptors (Lipinski definition) is 5. The van der Waals surface area contributed by atoms with E-state index in [-0.39, 0.29) is 11.5 Å². The molecule has 1 fully saturated rings. The minimum absolute atomic E-state index is 0.100. The fourth-order valence-corrected chi connectivity index (χ4v) is 2.00. The normalized spacial score (nSPS) is 16.9. The first-order valence-electron chi connectivity index (χ1n) is 7.45. The van der Waals surface area contributed by atoms with Gasteiger partial charge < -0.3 is 15.7 Å². The molecule has 1 aliphatic carbocycles. The van der Waals surface area contributed by atoms with Crippen LogP contribution in [0.5, 0.6) is 0 Å². The zero-order valence-electron chi connectivity index (χ0n) is 12.9. The largest absolute Gasteiger partial charge is 0.391 e. The summed E-state index contributed by atoms with van der Waals surface area (Å²) in [6.45, 7) is 9.72. The Bertz CT molecular complexity index is 452.